The molecular weight excluding hydrogens is 276 g/mol. The predicted octanol–water partition coefficient (Wildman–Crippen LogP) is 2.50. The summed E-state index contributed by atoms with van der Waals surface area (Å²) in [6.45, 7) is 4.59. The van der Waals surface area contributed by atoms with Crippen LogP contribution in [-0.4, -0.2) is 33.6 Å². The molecule has 0 aromatic heterocycles. The summed E-state index contributed by atoms with van der Waals surface area (Å²) in [7, 11) is 0. The molecular formula is C19H30O3. The molecule has 4 unspecified atom stereocenters. The summed E-state index contributed by atoms with van der Waals surface area (Å²) in [6.07, 6.45) is 9.14. The van der Waals surface area contributed by atoms with Gasteiger partial charge in [0.15, 0.2) is 0 Å². The van der Waals surface area contributed by atoms with Crippen LogP contribution in [0.15, 0.2) is 12.2 Å². The quantitative estimate of drug-likeness (QED) is 0.603. The molecule has 22 heavy (non-hydrogen) atoms. The molecule has 0 heterocycles. The SMILES string of the molecule is C[C@]12C=CC(O)CC1CC(O)[C@@H]1[C@H]2CC[C@]2(C)C(O)CC[C@@H]12. The van der Waals surface area contributed by atoms with Gasteiger partial charge >= 0.3 is 0 Å². The van der Waals surface area contributed by atoms with Crippen molar-refractivity contribution in [3.05, 3.63) is 12.2 Å². The lowest BCUT2D eigenvalue weighted by molar-refractivity contribution is -0.150. The zero-order chi connectivity index (χ0) is 15.7. The highest BCUT2D eigenvalue weighted by Crippen LogP contribution is 2.65. The van der Waals surface area contributed by atoms with Crippen molar-refractivity contribution in [3.63, 3.8) is 0 Å². The molecule has 0 saturated heterocycles. The summed E-state index contributed by atoms with van der Waals surface area (Å²) < 4.78 is 0. The first-order chi connectivity index (χ1) is 10.4. The van der Waals surface area contributed by atoms with E-state index >= 15 is 0 Å². The Morgan fingerprint density at radius 1 is 0.955 bits per heavy atom. The first-order valence-electron chi connectivity index (χ1n) is 9.10. The third-order valence-electron chi connectivity index (χ3n) is 8.14. The van der Waals surface area contributed by atoms with Gasteiger partial charge in [-0.2, -0.15) is 0 Å². The summed E-state index contributed by atoms with van der Waals surface area (Å²) in [5.74, 6) is 1.65. The molecule has 0 aliphatic heterocycles. The highest BCUT2D eigenvalue weighted by molar-refractivity contribution is 5.18. The Morgan fingerprint density at radius 3 is 2.50 bits per heavy atom. The normalized spacial score (nSPS) is 60.5. The van der Waals surface area contributed by atoms with E-state index in [1.807, 2.05) is 6.08 Å². The molecule has 0 amide bonds. The maximum absolute atomic E-state index is 10.9. The number of allylic oxidation sites excluding steroid dienone is 1. The minimum atomic E-state index is -0.344. The van der Waals surface area contributed by atoms with Gasteiger partial charge in [0.25, 0.3) is 0 Å². The molecule has 4 aliphatic rings. The van der Waals surface area contributed by atoms with Crippen LogP contribution in [0.2, 0.25) is 0 Å². The lowest BCUT2D eigenvalue weighted by Crippen LogP contribution is -2.57. The number of fused-ring (bicyclic) bond motifs is 5. The van der Waals surface area contributed by atoms with Crippen molar-refractivity contribution >= 4 is 0 Å². The Labute approximate surface area is 133 Å². The molecule has 3 heteroatoms. The van der Waals surface area contributed by atoms with Gasteiger partial charge < -0.3 is 15.3 Å². The Kier molecular flexibility index (Phi) is 3.32. The van der Waals surface area contributed by atoms with E-state index < -0.39 is 0 Å². The second-order valence-corrected chi connectivity index (χ2v) is 8.96. The minimum absolute atomic E-state index is 0.00321. The molecule has 3 nitrogen and oxygen atoms in total. The summed E-state index contributed by atoms with van der Waals surface area (Å²) >= 11 is 0. The van der Waals surface area contributed by atoms with Gasteiger partial charge in [0.05, 0.1) is 18.3 Å². The number of rotatable bonds is 0. The van der Waals surface area contributed by atoms with Crippen LogP contribution < -0.4 is 0 Å². The maximum atomic E-state index is 10.9. The van der Waals surface area contributed by atoms with Crippen LogP contribution >= 0.6 is 0 Å². The van der Waals surface area contributed by atoms with Crippen LogP contribution in [0.1, 0.15) is 52.4 Å². The maximum Gasteiger partial charge on any atom is 0.0724 e. The molecule has 9 atom stereocenters. The topological polar surface area (TPSA) is 60.7 Å². The van der Waals surface area contributed by atoms with Crippen molar-refractivity contribution in [3.8, 4) is 0 Å². The van der Waals surface area contributed by atoms with E-state index in [-0.39, 0.29) is 29.1 Å². The fourth-order valence-corrected chi connectivity index (χ4v) is 6.73. The van der Waals surface area contributed by atoms with Crippen LogP contribution in [-0.2, 0) is 0 Å². The molecule has 4 rings (SSSR count). The van der Waals surface area contributed by atoms with E-state index in [1.54, 1.807) is 0 Å². The van der Waals surface area contributed by atoms with E-state index in [0.717, 1.165) is 38.5 Å². The monoisotopic (exact) mass is 306 g/mol. The summed E-state index contributed by atoms with van der Waals surface area (Å²) in [5, 5.41) is 31.3. The second kappa shape index (κ2) is 4.81. The van der Waals surface area contributed by atoms with Gasteiger partial charge in [-0.05, 0) is 73.0 Å². The lowest BCUT2D eigenvalue weighted by Gasteiger charge is -2.60. The second-order valence-electron chi connectivity index (χ2n) is 8.96. The number of aliphatic hydroxyl groups is 3. The van der Waals surface area contributed by atoms with Crippen molar-refractivity contribution in [2.45, 2.75) is 70.7 Å². The Morgan fingerprint density at radius 2 is 1.73 bits per heavy atom. The van der Waals surface area contributed by atoms with Crippen LogP contribution in [0.3, 0.4) is 0 Å². The summed E-state index contributed by atoms with van der Waals surface area (Å²) in [5.41, 5.74) is 0.112. The summed E-state index contributed by atoms with van der Waals surface area (Å²) in [4.78, 5) is 0. The van der Waals surface area contributed by atoms with Crippen molar-refractivity contribution < 1.29 is 15.3 Å². The van der Waals surface area contributed by atoms with Gasteiger partial charge in [-0.1, -0.05) is 26.0 Å². The Bertz CT molecular complexity index is 489. The third kappa shape index (κ3) is 1.85. The highest BCUT2D eigenvalue weighted by Gasteiger charge is 2.61. The van der Waals surface area contributed by atoms with Crippen molar-refractivity contribution in [2.75, 3.05) is 0 Å². The average Bonchev–Trinajstić information content (AvgIpc) is 2.77. The van der Waals surface area contributed by atoms with E-state index in [9.17, 15) is 15.3 Å². The van der Waals surface area contributed by atoms with E-state index in [2.05, 4.69) is 19.9 Å². The van der Waals surface area contributed by atoms with Crippen molar-refractivity contribution in [1.82, 2.24) is 0 Å². The van der Waals surface area contributed by atoms with Crippen molar-refractivity contribution in [2.24, 2.45) is 34.5 Å². The van der Waals surface area contributed by atoms with E-state index in [1.165, 1.54) is 0 Å². The molecule has 0 bridgehead atoms. The molecule has 3 N–H and O–H groups in total. The van der Waals surface area contributed by atoms with Gasteiger partial charge in [0.1, 0.15) is 0 Å². The van der Waals surface area contributed by atoms with E-state index in [0.29, 0.717) is 23.7 Å². The van der Waals surface area contributed by atoms with E-state index in [4.69, 9.17) is 0 Å². The smallest absolute Gasteiger partial charge is 0.0724 e. The lowest BCUT2D eigenvalue weighted by atomic mass is 9.45. The minimum Gasteiger partial charge on any atom is -0.393 e. The van der Waals surface area contributed by atoms with Gasteiger partial charge in [-0.25, -0.2) is 0 Å². The molecule has 0 aromatic carbocycles. The highest BCUT2D eigenvalue weighted by atomic mass is 16.3. The standard InChI is InChI=1S/C19H30O3/c1-18-7-5-12(20)9-11(18)10-15(21)17-13-3-4-16(22)19(13,2)8-6-14(17)18/h5,7,11-17,20-22H,3-4,6,8-10H2,1-2H3/t11?,12?,13-,14+,15?,16?,17-,18-,19-/m0/s1. The predicted molar refractivity (Wildman–Crippen MR) is 85.0 cm³/mol. The molecule has 124 valence electrons. The Balaban J connectivity index is 1.71. The molecule has 0 spiro atoms. The van der Waals surface area contributed by atoms with Crippen LogP contribution in [0.25, 0.3) is 0 Å². The molecule has 3 fully saturated rings. The van der Waals surface area contributed by atoms with Crippen molar-refractivity contribution in [1.29, 1.82) is 0 Å². The fraction of sp³-hybridized carbons (Fsp3) is 0.895. The first-order valence-corrected chi connectivity index (χ1v) is 9.10. The van der Waals surface area contributed by atoms with Gasteiger partial charge in [-0.3, -0.25) is 0 Å². The van der Waals surface area contributed by atoms with Gasteiger partial charge in [-0.15, -0.1) is 0 Å². The molecule has 3 saturated carbocycles. The van der Waals surface area contributed by atoms with Crippen LogP contribution in [0.5, 0.6) is 0 Å². The van der Waals surface area contributed by atoms with Gasteiger partial charge in [0, 0.05) is 0 Å². The van der Waals surface area contributed by atoms with Gasteiger partial charge in [0.2, 0.25) is 0 Å². The number of hydrogen-bond acceptors (Lipinski definition) is 3. The van der Waals surface area contributed by atoms with Crippen LogP contribution in [0.4, 0.5) is 0 Å². The molecule has 0 radical (unpaired) electrons. The summed E-state index contributed by atoms with van der Waals surface area (Å²) in [6, 6.07) is 0. The fourth-order valence-electron chi connectivity index (χ4n) is 6.73. The number of aliphatic hydroxyl groups excluding tert-OH is 3. The molecule has 0 aromatic rings. The largest absolute Gasteiger partial charge is 0.393 e. The third-order valence-corrected chi connectivity index (χ3v) is 8.14. The zero-order valence-corrected chi connectivity index (χ0v) is 13.8. The zero-order valence-electron chi connectivity index (χ0n) is 13.8. The first kappa shape index (κ1) is 15.2. The number of hydrogen-bond donors (Lipinski definition) is 3. The van der Waals surface area contributed by atoms with Crippen LogP contribution in [0, 0.1) is 34.5 Å². The molecule has 4 aliphatic carbocycles. The Hall–Kier alpha value is -0.380. The average molecular weight is 306 g/mol.